The van der Waals surface area contributed by atoms with Gasteiger partial charge in [0.05, 0.1) is 4.92 Å². The first-order valence-corrected chi connectivity index (χ1v) is 11.1. The van der Waals surface area contributed by atoms with Crippen LogP contribution in [0.15, 0.2) is 30.7 Å². The monoisotopic (exact) mass is 440 g/mol. The summed E-state index contributed by atoms with van der Waals surface area (Å²) in [5.74, 6) is 1.59. The molecular formula is C22H32N8O2. The zero-order valence-corrected chi connectivity index (χ0v) is 19.2. The average Bonchev–Trinajstić information content (AvgIpc) is 2.72. The number of rotatable bonds is 5. The SMILES string of the molecule is CC1(C)CC(Nc2ncnc(N3CCN(c4ccccn4)CC3)c2[N+](=O)[O-])CC(C)(C)N1. The second-order valence-corrected chi connectivity index (χ2v) is 9.96. The summed E-state index contributed by atoms with van der Waals surface area (Å²) in [6.45, 7) is 11.3. The maximum atomic E-state index is 12.1. The van der Waals surface area contributed by atoms with Gasteiger partial charge in [0.2, 0.25) is 11.6 Å². The standard InChI is InChI=1S/C22H32N8O2/c1-21(2)13-16(14-22(3,4)27-21)26-19-18(30(31)32)20(25-15-24-19)29-11-9-28(10-12-29)17-7-5-6-8-23-17/h5-8,15-16,27H,9-14H2,1-4H3,(H,24,25,26). The van der Waals surface area contributed by atoms with E-state index in [2.05, 4.69) is 58.2 Å². The molecule has 32 heavy (non-hydrogen) atoms. The van der Waals surface area contributed by atoms with Gasteiger partial charge in [-0.25, -0.2) is 15.0 Å². The second kappa shape index (κ2) is 8.50. The Balaban J connectivity index is 1.53. The number of hydrogen-bond donors (Lipinski definition) is 2. The summed E-state index contributed by atoms with van der Waals surface area (Å²) in [6.07, 6.45) is 4.89. The number of hydrogen-bond acceptors (Lipinski definition) is 9. The summed E-state index contributed by atoms with van der Waals surface area (Å²) >= 11 is 0. The van der Waals surface area contributed by atoms with Gasteiger partial charge in [-0.15, -0.1) is 0 Å². The van der Waals surface area contributed by atoms with Crippen molar-refractivity contribution in [2.45, 2.75) is 57.7 Å². The van der Waals surface area contributed by atoms with Gasteiger partial charge in [-0.1, -0.05) is 6.07 Å². The van der Waals surface area contributed by atoms with E-state index in [-0.39, 0.29) is 27.7 Å². The largest absolute Gasteiger partial charge is 0.361 e. The van der Waals surface area contributed by atoms with Crippen LogP contribution in [-0.4, -0.2) is 63.2 Å². The van der Waals surface area contributed by atoms with Crippen LogP contribution in [0.3, 0.4) is 0 Å². The predicted molar refractivity (Wildman–Crippen MR) is 125 cm³/mol. The Bertz CT molecular complexity index is 942. The first-order valence-electron chi connectivity index (χ1n) is 11.1. The Morgan fingerprint density at radius 1 is 1.03 bits per heavy atom. The summed E-state index contributed by atoms with van der Waals surface area (Å²) in [5.41, 5.74) is -0.203. The van der Waals surface area contributed by atoms with Crippen molar-refractivity contribution in [1.29, 1.82) is 0 Å². The lowest BCUT2D eigenvalue weighted by molar-refractivity contribution is -0.383. The smallest absolute Gasteiger partial charge is 0.353 e. The Morgan fingerprint density at radius 3 is 2.28 bits per heavy atom. The van der Waals surface area contributed by atoms with Crippen LogP contribution in [0.2, 0.25) is 0 Å². The van der Waals surface area contributed by atoms with Crippen molar-refractivity contribution in [1.82, 2.24) is 20.3 Å². The summed E-state index contributed by atoms with van der Waals surface area (Å²) in [4.78, 5) is 28.9. The molecule has 2 aromatic rings. The number of nitrogens with one attached hydrogen (secondary N) is 2. The van der Waals surface area contributed by atoms with Crippen LogP contribution < -0.4 is 20.4 Å². The molecule has 0 radical (unpaired) electrons. The molecule has 0 aliphatic carbocycles. The molecule has 2 N–H and O–H groups in total. The van der Waals surface area contributed by atoms with E-state index in [4.69, 9.17) is 0 Å². The highest BCUT2D eigenvalue weighted by atomic mass is 16.6. The fraction of sp³-hybridized carbons (Fsp3) is 0.591. The normalized spacial score (nSPS) is 20.8. The zero-order chi connectivity index (χ0) is 22.9. The molecule has 10 heteroatoms. The highest BCUT2D eigenvalue weighted by molar-refractivity contribution is 5.71. The molecule has 0 aromatic carbocycles. The van der Waals surface area contributed by atoms with Crippen molar-refractivity contribution in [2.75, 3.05) is 41.3 Å². The molecule has 0 atom stereocenters. The van der Waals surface area contributed by atoms with Gasteiger partial charge in [0.1, 0.15) is 12.1 Å². The fourth-order valence-corrected chi connectivity index (χ4v) is 5.18. The third-order valence-corrected chi connectivity index (χ3v) is 6.07. The molecule has 2 aliphatic rings. The molecule has 0 spiro atoms. The van der Waals surface area contributed by atoms with Gasteiger partial charge in [0.25, 0.3) is 0 Å². The maximum Gasteiger partial charge on any atom is 0.353 e. The van der Waals surface area contributed by atoms with E-state index in [1.165, 1.54) is 6.33 Å². The van der Waals surface area contributed by atoms with Crippen molar-refractivity contribution in [3.8, 4) is 0 Å². The summed E-state index contributed by atoms with van der Waals surface area (Å²) < 4.78 is 0. The number of nitro groups is 1. The number of aromatic nitrogens is 3. The van der Waals surface area contributed by atoms with Gasteiger partial charge in [-0.3, -0.25) is 10.1 Å². The lowest BCUT2D eigenvalue weighted by atomic mass is 9.79. The predicted octanol–water partition coefficient (Wildman–Crippen LogP) is 2.83. The quantitative estimate of drug-likeness (QED) is 0.535. The van der Waals surface area contributed by atoms with Crippen LogP contribution in [0, 0.1) is 10.1 Å². The number of anilines is 3. The molecule has 2 fully saturated rings. The molecule has 4 heterocycles. The first kappa shape index (κ1) is 22.2. The van der Waals surface area contributed by atoms with E-state index < -0.39 is 0 Å². The molecule has 2 saturated heterocycles. The third kappa shape index (κ3) is 4.90. The minimum absolute atomic E-state index is 0.0482. The van der Waals surface area contributed by atoms with Crippen molar-refractivity contribution >= 4 is 23.1 Å². The lowest BCUT2D eigenvalue weighted by Crippen LogP contribution is -2.60. The van der Waals surface area contributed by atoms with Gasteiger partial charge >= 0.3 is 5.69 Å². The van der Waals surface area contributed by atoms with E-state index in [0.29, 0.717) is 24.7 Å². The second-order valence-electron chi connectivity index (χ2n) is 9.96. The van der Waals surface area contributed by atoms with Gasteiger partial charge in [0, 0.05) is 49.5 Å². The van der Waals surface area contributed by atoms with Crippen LogP contribution in [0.5, 0.6) is 0 Å². The topological polar surface area (TPSA) is 112 Å². The molecular weight excluding hydrogens is 408 g/mol. The highest BCUT2D eigenvalue weighted by Crippen LogP contribution is 2.36. The summed E-state index contributed by atoms with van der Waals surface area (Å²) in [5, 5.41) is 19.1. The van der Waals surface area contributed by atoms with E-state index in [1.54, 1.807) is 6.20 Å². The van der Waals surface area contributed by atoms with E-state index in [9.17, 15) is 10.1 Å². The van der Waals surface area contributed by atoms with Gasteiger partial charge in [0.15, 0.2) is 0 Å². The molecule has 4 rings (SSSR count). The highest BCUT2D eigenvalue weighted by Gasteiger charge is 2.39. The van der Waals surface area contributed by atoms with E-state index in [1.807, 2.05) is 23.1 Å². The molecule has 0 unspecified atom stereocenters. The fourth-order valence-electron chi connectivity index (χ4n) is 5.18. The van der Waals surface area contributed by atoms with Crippen molar-refractivity contribution in [3.63, 3.8) is 0 Å². The molecule has 172 valence electrons. The maximum absolute atomic E-state index is 12.1. The average molecular weight is 441 g/mol. The number of nitrogens with zero attached hydrogens (tertiary/aromatic N) is 6. The lowest BCUT2D eigenvalue weighted by Gasteiger charge is -2.46. The number of pyridine rings is 1. The van der Waals surface area contributed by atoms with Crippen LogP contribution in [0.4, 0.5) is 23.1 Å². The van der Waals surface area contributed by atoms with Crippen LogP contribution >= 0.6 is 0 Å². The van der Waals surface area contributed by atoms with Crippen LogP contribution in [0.1, 0.15) is 40.5 Å². The Kier molecular flexibility index (Phi) is 5.89. The van der Waals surface area contributed by atoms with Crippen molar-refractivity contribution in [3.05, 3.63) is 40.8 Å². The molecule has 2 aromatic heterocycles. The molecule has 0 amide bonds. The minimum atomic E-state index is -0.361. The molecule has 0 bridgehead atoms. The Labute approximate surface area is 188 Å². The zero-order valence-electron chi connectivity index (χ0n) is 19.2. The van der Waals surface area contributed by atoms with Gasteiger partial charge in [-0.2, -0.15) is 0 Å². The third-order valence-electron chi connectivity index (χ3n) is 6.07. The Hall–Kier alpha value is -3.01. The summed E-state index contributed by atoms with van der Waals surface area (Å²) in [6, 6.07) is 5.91. The van der Waals surface area contributed by atoms with E-state index in [0.717, 1.165) is 31.7 Å². The van der Waals surface area contributed by atoms with Crippen LogP contribution in [0.25, 0.3) is 0 Å². The molecule has 2 aliphatic heterocycles. The Morgan fingerprint density at radius 2 is 1.69 bits per heavy atom. The van der Waals surface area contributed by atoms with Gasteiger partial charge < -0.3 is 20.4 Å². The number of piperazine rings is 1. The minimum Gasteiger partial charge on any atom is -0.361 e. The molecule has 0 saturated carbocycles. The first-order chi connectivity index (χ1) is 15.1. The van der Waals surface area contributed by atoms with Crippen LogP contribution in [-0.2, 0) is 0 Å². The van der Waals surface area contributed by atoms with Crippen molar-refractivity contribution < 1.29 is 4.92 Å². The number of piperidine rings is 1. The molecule has 10 nitrogen and oxygen atoms in total. The summed E-state index contributed by atoms with van der Waals surface area (Å²) in [7, 11) is 0. The van der Waals surface area contributed by atoms with Gasteiger partial charge in [-0.05, 0) is 52.7 Å². The van der Waals surface area contributed by atoms with E-state index >= 15 is 0 Å². The van der Waals surface area contributed by atoms with Crippen molar-refractivity contribution in [2.24, 2.45) is 0 Å².